The molecule has 2 nitrogen and oxygen atoms in total. The second-order valence-electron chi connectivity index (χ2n) is 5.98. The highest BCUT2D eigenvalue weighted by Gasteiger charge is 2.07. The molecule has 3 rings (SSSR count). The Kier molecular flexibility index (Phi) is 6.63. The van der Waals surface area contributed by atoms with Gasteiger partial charge in [0.15, 0.2) is 0 Å². The molecule has 0 aliphatic carbocycles. The number of hydrogen-bond donors (Lipinski definition) is 1. The Balaban J connectivity index is 1.71. The summed E-state index contributed by atoms with van der Waals surface area (Å²) in [6.45, 7) is 3.27. The van der Waals surface area contributed by atoms with Gasteiger partial charge < -0.3 is 10.1 Å². The van der Waals surface area contributed by atoms with Crippen LogP contribution < -0.4 is 10.1 Å². The number of hydrogen-bond acceptors (Lipinski definition) is 2. The molecule has 0 fully saturated rings. The predicted molar refractivity (Wildman–Crippen MR) is 116 cm³/mol. The maximum absolute atomic E-state index is 6.04. The van der Waals surface area contributed by atoms with E-state index in [0.717, 1.165) is 36.5 Å². The van der Waals surface area contributed by atoms with Crippen molar-refractivity contribution in [3.05, 3.63) is 91.3 Å². The van der Waals surface area contributed by atoms with E-state index in [1.54, 1.807) is 0 Å². The number of anilines is 1. The fourth-order valence-corrected chi connectivity index (χ4v) is 3.59. The van der Waals surface area contributed by atoms with Crippen LogP contribution in [0.3, 0.4) is 0 Å². The molecule has 26 heavy (non-hydrogen) atoms. The van der Waals surface area contributed by atoms with Gasteiger partial charge in [0.2, 0.25) is 0 Å². The summed E-state index contributed by atoms with van der Waals surface area (Å²) >= 11 is 13.0. The van der Waals surface area contributed by atoms with Gasteiger partial charge in [0.25, 0.3) is 0 Å². The van der Waals surface area contributed by atoms with Crippen LogP contribution in [-0.2, 0) is 13.2 Å². The first-order valence-corrected chi connectivity index (χ1v) is 10.1. The molecule has 0 amide bonds. The Bertz CT molecular complexity index is 897. The molecule has 0 spiro atoms. The normalized spacial score (nSPS) is 10.6. The largest absolute Gasteiger partial charge is 0.489 e. The van der Waals surface area contributed by atoms with E-state index in [-0.39, 0.29) is 0 Å². The van der Waals surface area contributed by atoms with Gasteiger partial charge in [-0.15, -0.1) is 0 Å². The molecule has 3 aromatic rings. The van der Waals surface area contributed by atoms with Gasteiger partial charge >= 0.3 is 0 Å². The van der Waals surface area contributed by atoms with Crippen LogP contribution in [0.15, 0.2) is 69.6 Å². The minimum Gasteiger partial charge on any atom is -0.489 e. The van der Waals surface area contributed by atoms with Crippen molar-refractivity contribution >= 4 is 49.1 Å². The van der Waals surface area contributed by atoms with Gasteiger partial charge in [-0.05, 0) is 66.6 Å². The third kappa shape index (κ3) is 5.26. The Morgan fingerprint density at radius 3 is 2.35 bits per heavy atom. The van der Waals surface area contributed by atoms with Crippen molar-refractivity contribution in [3.8, 4) is 5.75 Å². The van der Waals surface area contributed by atoms with Crippen molar-refractivity contribution in [1.29, 1.82) is 0 Å². The highest BCUT2D eigenvalue weighted by Crippen LogP contribution is 2.27. The van der Waals surface area contributed by atoms with Crippen LogP contribution in [-0.4, -0.2) is 0 Å². The van der Waals surface area contributed by atoms with Crippen molar-refractivity contribution < 1.29 is 4.74 Å². The highest BCUT2D eigenvalue weighted by atomic mass is 79.9. The predicted octanol–water partition coefficient (Wildman–Crippen LogP) is 7.36. The summed E-state index contributed by atoms with van der Waals surface area (Å²) in [5.74, 6) is 0.866. The van der Waals surface area contributed by atoms with Crippen LogP contribution in [0.1, 0.15) is 16.7 Å². The van der Waals surface area contributed by atoms with Crippen LogP contribution in [0.4, 0.5) is 5.69 Å². The van der Waals surface area contributed by atoms with Crippen molar-refractivity contribution in [1.82, 2.24) is 0 Å². The lowest BCUT2D eigenvalue weighted by Crippen LogP contribution is -2.05. The van der Waals surface area contributed by atoms with Gasteiger partial charge in [0.05, 0.1) is 0 Å². The third-order valence-electron chi connectivity index (χ3n) is 3.99. The second kappa shape index (κ2) is 8.94. The summed E-state index contributed by atoms with van der Waals surface area (Å²) in [5, 5.41) is 4.22. The molecule has 0 aliphatic heterocycles. The first-order valence-electron chi connectivity index (χ1n) is 8.17. The van der Waals surface area contributed by atoms with Gasteiger partial charge in [-0.25, -0.2) is 0 Å². The van der Waals surface area contributed by atoms with E-state index in [1.165, 1.54) is 5.56 Å². The summed E-state index contributed by atoms with van der Waals surface area (Å²) in [6, 6.07) is 20.0. The molecule has 0 atom stereocenters. The van der Waals surface area contributed by atoms with Crippen molar-refractivity contribution in [2.45, 2.75) is 20.1 Å². The Morgan fingerprint density at radius 1 is 0.923 bits per heavy atom. The van der Waals surface area contributed by atoms with E-state index >= 15 is 0 Å². The zero-order valence-corrected chi connectivity index (χ0v) is 18.2. The van der Waals surface area contributed by atoms with E-state index < -0.39 is 0 Å². The number of aryl methyl sites for hydroxylation is 1. The molecule has 134 valence electrons. The summed E-state index contributed by atoms with van der Waals surface area (Å²) < 4.78 is 8.15. The SMILES string of the molecule is Cc1cc(Br)ccc1NCc1cc(Br)ccc1OCc1ccc(Cl)cc1. The number of benzene rings is 3. The number of nitrogens with one attached hydrogen (secondary N) is 1. The molecule has 0 saturated carbocycles. The van der Waals surface area contributed by atoms with Gasteiger partial charge in [-0.1, -0.05) is 55.6 Å². The average molecular weight is 496 g/mol. The third-order valence-corrected chi connectivity index (χ3v) is 5.23. The molecule has 0 radical (unpaired) electrons. The fourth-order valence-electron chi connectivity index (χ4n) is 2.58. The Morgan fingerprint density at radius 2 is 1.62 bits per heavy atom. The van der Waals surface area contributed by atoms with Crippen molar-refractivity contribution in [2.75, 3.05) is 5.32 Å². The topological polar surface area (TPSA) is 21.3 Å². The van der Waals surface area contributed by atoms with Crippen molar-refractivity contribution in [2.24, 2.45) is 0 Å². The standard InChI is InChI=1S/C21H18Br2ClNO/c1-14-10-17(22)4-8-20(14)25-12-16-11-18(23)5-9-21(16)26-13-15-2-6-19(24)7-3-15/h2-11,25H,12-13H2,1H3. The van der Waals surface area contributed by atoms with E-state index in [0.29, 0.717) is 13.2 Å². The summed E-state index contributed by atoms with van der Waals surface area (Å²) in [4.78, 5) is 0. The lowest BCUT2D eigenvalue weighted by molar-refractivity contribution is 0.303. The zero-order chi connectivity index (χ0) is 18.5. The quantitative estimate of drug-likeness (QED) is 0.386. The van der Waals surface area contributed by atoms with Gasteiger partial charge in [-0.3, -0.25) is 0 Å². The number of halogens is 3. The molecule has 5 heteroatoms. The minimum absolute atomic E-state index is 0.503. The van der Waals surface area contributed by atoms with Gasteiger partial charge in [0.1, 0.15) is 12.4 Å². The summed E-state index contributed by atoms with van der Waals surface area (Å²) in [5.41, 5.74) is 4.48. The first kappa shape index (κ1) is 19.3. The fraction of sp³-hybridized carbons (Fsp3) is 0.143. The first-order chi connectivity index (χ1) is 12.5. The molecule has 1 N–H and O–H groups in total. The average Bonchev–Trinajstić information content (AvgIpc) is 2.61. The molecule has 0 aromatic heterocycles. The van der Waals surface area contributed by atoms with Gasteiger partial charge in [-0.2, -0.15) is 0 Å². The van der Waals surface area contributed by atoms with E-state index in [9.17, 15) is 0 Å². The molecule has 0 unspecified atom stereocenters. The number of ether oxygens (including phenoxy) is 1. The summed E-state index contributed by atoms with van der Waals surface area (Å²) in [7, 11) is 0. The Hall–Kier alpha value is -1.49. The lowest BCUT2D eigenvalue weighted by atomic mass is 10.1. The van der Waals surface area contributed by atoms with Gasteiger partial charge in [0, 0.05) is 31.8 Å². The van der Waals surface area contributed by atoms with E-state index in [1.807, 2.05) is 42.5 Å². The maximum Gasteiger partial charge on any atom is 0.124 e. The van der Waals surface area contributed by atoms with Crippen LogP contribution in [0.25, 0.3) is 0 Å². The lowest BCUT2D eigenvalue weighted by Gasteiger charge is -2.15. The second-order valence-corrected chi connectivity index (χ2v) is 8.25. The molecule has 0 aliphatic rings. The van der Waals surface area contributed by atoms with Crippen LogP contribution in [0.5, 0.6) is 5.75 Å². The molecule has 0 heterocycles. The van der Waals surface area contributed by atoms with Crippen LogP contribution >= 0.6 is 43.5 Å². The van der Waals surface area contributed by atoms with E-state index in [4.69, 9.17) is 16.3 Å². The summed E-state index contributed by atoms with van der Waals surface area (Å²) in [6.07, 6.45) is 0. The Labute approximate surface area is 175 Å². The molecular formula is C21H18Br2ClNO. The van der Waals surface area contributed by atoms with E-state index in [2.05, 4.69) is 62.3 Å². The van der Waals surface area contributed by atoms with Crippen LogP contribution in [0.2, 0.25) is 5.02 Å². The smallest absolute Gasteiger partial charge is 0.124 e. The monoisotopic (exact) mass is 493 g/mol. The number of rotatable bonds is 6. The molecular weight excluding hydrogens is 477 g/mol. The van der Waals surface area contributed by atoms with Crippen molar-refractivity contribution in [3.63, 3.8) is 0 Å². The maximum atomic E-state index is 6.04. The highest BCUT2D eigenvalue weighted by molar-refractivity contribution is 9.10. The molecule has 0 saturated heterocycles. The molecule has 3 aromatic carbocycles. The van der Waals surface area contributed by atoms with Crippen LogP contribution in [0, 0.1) is 6.92 Å². The minimum atomic E-state index is 0.503. The zero-order valence-electron chi connectivity index (χ0n) is 14.2. The molecule has 0 bridgehead atoms.